The minimum absolute atomic E-state index is 0.327. The third-order valence-corrected chi connectivity index (χ3v) is 3.78. The number of likely N-dealkylation sites (N-methyl/N-ethyl adjacent to an activating group) is 1. The van der Waals surface area contributed by atoms with Crippen molar-refractivity contribution in [1.29, 1.82) is 0 Å². The van der Waals surface area contributed by atoms with Crippen LogP contribution in [0.4, 0.5) is 0 Å². The molecule has 0 aromatic rings. The molecule has 84 valence electrons. The normalized spacial score (nSPS) is 30.6. The highest BCUT2D eigenvalue weighted by Crippen LogP contribution is 2.27. The van der Waals surface area contributed by atoms with Crippen molar-refractivity contribution >= 4 is 11.6 Å². The monoisotopic (exact) mass is 219 g/mol. The number of methoxy groups -OCH3 is 1. The third kappa shape index (κ3) is 3.11. The van der Waals surface area contributed by atoms with Crippen molar-refractivity contribution < 1.29 is 4.74 Å². The Balaban J connectivity index is 2.44. The Bertz CT molecular complexity index is 165. The van der Waals surface area contributed by atoms with Gasteiger partial charge >= 0.3 is 0 Å². The van der Waals surface area contributed by atoms with Crippen LogP contribution in [0, 0.1) is 0 Å². The van der Waals surface area contributed by atoms with Gasteiger partial charge in [-0.2, -0.15) is 0 Å². The smallest absolute Gasteiger partial charge is 0.0615 e. The van der Waals surface area contributed by atoms with Gasteiger partial charge in [0, 0.05) is 24.6 Å². The fourth-order valence-corrected chi connectivity index (χ4v) is 2.67. The van der Waals surface area contributed by atoms with E-state index in [0.717, 1.165) is 13.0 Å². The molecule has 1 saturated carbocycles. The first-order valence-corrected chi connectivity index (χ1v) is 5.95. The summed E-state index contributed by atoms with van der Waals surface area (Å²) in [5.41, 5.74) is 0. The van der Waals surface area contributed by atoms with Crippen LogP contribution in [-0.4, -0.2) is 43.1 Å². The molecule has 3 unspecified atom stereocenters. The highest BCUT2D eigenvalue weighted by molar-refractivity contribution is 6.21. The summed E-state index contributed by atoms with van der Waals surface area (Å²) in [5, 5.41) is 0.327. The molecule has 3 atom stereocenters. The summed E-state index contributed by atoms with van der Waals surface area (Å²) in [6.45, 7) is 2.98. The van der Waals surface area contributed by atoms with Crippen molar-refractivity contribution in [2.24, 2.45) is 0 Å². The Morgan fingerprint density at radius 2 is 2.07 bits per heavy atom. The van der Waals surface area contributed by atoms with Crippen LogP contribution in [0.1, 0.15) is 32.6 Å². The topological polar surface area (TPSA) is 12.5 Å². The number of alkyl halides is 1. The Hall–Kier alpha value is 0.210. The van der Waals surface area contributed by atoms with Crippen molar-refractivity contribution in [2.75, 3.05) is 20.8 Å². The van der Waals surface area contributed by atoms with Crippen LogP contribution in [-0.2, 0) is 4.74 Å². The average molecular weight is 220 g/mol. The minimum Gasteiger partial charge on any atom is -0.383 e. The predicted molar refractivity (Wildman–Crippen MR) is 61.0 cm³/mol. The zero-order chi connectivity index (χ0) is 10.6. The first-order chi connectivity index (χ1) is 6.66. The van der Waals surface area contributed by atoms with Crippen molar-refractivity contribution in [1.82, 2.24) is 4.90 Å². The first-order valence-electron chi connectivity index (χ1n) is 5.51. The van der Waals surface area contributed by atoms with E-state index in [-0.39, 0.29) is 0 Å². The molecular weight excluding hydrogens is 198 g/mol. The summed E-state index contributed by atoms with van der Waals surface area (Å²) in [7, 11) is 3.92. The lowest BCUT2D eigenvalue weighted by Gasteiger charge is -2.38. The van der Waals surface area contributed by atoms with E-state index in [2.05, 4.69) is 18.9 Å². The molecule has 0 amide bonds. The molecule has 1 aliphatic rings. The minimum atomic E-state index is 0.327. The molecule has 1 aliphatic carbocycles. The molecule has 14 heavy (non-hydrogen) atoms. The van der Waals surface area contributed by atoms with E-state index >= 15 is 0 Å². The van der Waals surface area contributed by atoms with Crippen LogP contribution >= 0.6 is 11.6 Å². The molecule has 0 aromatic heterocycles. The summed E-state index contributed by atoms with van der Waals surface area (Å²) < 4.78 is 5.17. The SMILES string of the molecule is COCC(C)N(C)C1CCCCC1Cl. The highest BCUT2D eigenvalue weighted by Gasteiger charge is 2.28. The molecule has 0 saturated heterocycles. The van der Waals surface area contributed by atoms with Gasteiger partial charge in [0.15, 0.2) is 0 Å². The van der Waals surface area contributed by atoms with Crippen LogP contribution in [0.15, 0.2) is 0 Å². The first kappa shape index (κ1) is 12.3. The molecule has 1 fully saturated rings. The molecule has 0 heterocycles. The van der Waals surface area contributed by atoms with Crippen molar-refractivity contribution in [2.45, 2.75) is 50.1 Å². The van der Waals surface area contributed by atoms with Gasteiger partial charge in [-0.1, -0.05) is 12.8 Å². The van der Waals surface area contributed by atoms with Gasteiger partial charge < -0.3 is 4.74 Å². The van der Waals surface area contributed by atoms with Gasteiger partial charge in [-0.15, -0.1) is 11.6 Å². The lowest BCUT2D eigenvalue weighted by Crippen LogP contribution is -2.46. The van der Waals surface area contributed by atoms with Crippen LogP contribution in [0.3, 0.4) is 0 Å². The zero-order valence-electron chi connectivity index (χ0n) is 9.50. The molecule has 2 nitrogen and oxygen atoms in total. The van der Waals surface area contributed by atoms with Crippen LogP contribution in [0.2, 0.25) is 0 Å². The number of nitrogens with zero attached hydrogens (tertiary/aromatic N) is 1. The van der Waals surface area contributed by atoms with Crippen molar-refractivity contribution in [3.63, 3.8) is 0 Å². The van der Waals surface area contributed by atoms with Gasteiger partial charge in [-0.05, 0) is 26.8 Å². The summed E-state index contributed by atoms with van der Waals surface area (Å²) >= 11 is 6.34. The van der Waals surface area contributed by atoms with Gasteiger partial charge in [-0.25, -0.2) is 0 Å². The van der Waals surface area contributed by atoms with E-state index in [1.165, 1.54) is 19.3 Å². The van der Waals surface area contributed by atoms with E-state index in [1.54, 1.807) is 7.11 Å². The number of halogens is 1. The lowest BCUT2D eigenvalue weighted by molar-refractivity contribution is 0.0773. The Labute approximate surface area is 92.6 Å². The maximum Gasteiger partial charge on any atom is 0.0615 e. The standard InChI is InChI=1S/C11H22ClNO/c1-9(8-14-3)13(2)11-7-5-4-6-10(11)12/h9-11H,4-8H2,1-3H3. The fraction of sp³-hybridized carbons (Fsp3) is 1.00. The lowest BCUT2D eigenvalue weighted by atomic mass is 9.93. The Morgan fingerprint density at radius 3 is 2.64 bits per heavy atom. The summed E-state index contributed by atoms with van der Waals surface area (Å²) in [4.78, 5) is 2.38. The van der Waals surface area contributed by atoms with Crippen LogP contribution in [0.25, 0.3) is 0 Å². The maximum absolute atomic E-state index is 6.34. The molecule has 0 spiro atoms. The summed E-state index contributed by atoms with van der Waals surface area (Å²) in [6.07, 6.45) is 5.00. The number of rotatable bonds is 4. The van der Waals surface area contributed by atoms with E-state index in [9.17, 15) is 0 Å². The molecule has 3 heteroatoms. The molecule has 1 rings (SSSR count). The molecule has 0 N–H and O–H groups in total. The summed E-state index contributed by atoms with van der Waals surface area (Å²) in [5.74, 6) is 0. The number of hydrogen-bond donors (Lipinski definition) is 0. The van der Waals surface area contributed by atoms with Gasteiger partial charge in [0.25, 0.3) is 0 Å². The average Bonchev–Trinajstić information content (AvgIpc) is 2.18. The summed E-state index contributed by atoms with van der Waals surface area (Å²) in [6, 6.07) is 1.000. The third-order valence-electron chi connectivity index (χ3n) is 3.27. The largest absolute Gasteiger partial charge is 0.383 e. The predicted octanol–water partition coefficient (Wildman–Crippen LogP) is 2.50. The second-order valence-electron chi connectivity index (χ2n) is 4.34. The van der Waals surface area contributed by atoms with Crippen LogP contribution in [0.5, 0.6) is 0 Å². The molecule has 0 bridgehead atoms. The molecular formula is C11H22ClNO. The van der Waals surface area contributed by atoms with E-state index in [4.69, 9.17) is 16.3 Å². The highest BCUT2D eigenvalue weighted by atomic mass is 35.5. The van der Waals surface area contributed by atoms with Crippen LogP contribution < -0.4 is 0 Å². The number of hydrogen-bond acceptors (Lipinski definition) is 2. The Kier molecular flexibility index (Phi) is 5.21. The molecule has 0 aromatic carbocycles. The van der Waals surface area contributed by atoms with E-state index < -0.39 is 0 Å². The quantitative estimate of drug-likeness (QED) is 0.674. The fourth-order valence-electron chi connectivity index (χ4n) is 2.21. The van der Waals surface area contributed by atoms with Gasteiger partial charge in [0.1, 0.15) is 0 Å². The van der Waals surface area contributed by atoms with Gasteiger partial charge in [0.2, 0.25) is 0 Å². The zero-order valence-corrected chi connectivity index (χ0v) is 10.3. The second-order valence-corrected chi connectivity index (χ2v) is 4.90. The van der Waals surface area contributed by atoms with Gasteiger partial charge in [0.05, 0.1) is 6.61 Å². The molecule has 0 radical (unpaired) electrons. The van der Waals surface area contributed by atoms with Gasteiger partial charge in [-0.3, -0.25) is 4.90 Å². The Morgan fingerprint density at radius 1 is 1.43 bits per heavy atom. The number of ether oxygens (including phenoxy) is 1. The molecule has 0 aliphatic heterocycles. The van der Waals surface area contributed by atoms with Crippen molar-refractivity contribution in [3.05, 3.63) is 0 Å². The van der Waals surface area contributed by atoms with Crippen molar-refractivity contribution in [3.8, 4) is 0 Å². The van der Waals surface area contributed by atoms with E-state index in [1.807, 2.05) is 0 Å². The second kappa shape index (κ2) is 5.94. The van der Waals surface area contributed by atoms with E-state index in [0.29, 0.717) is 17.5 Å². The maximum atomic E-state index is 6.34.